The van der Waals surface area contributed by atoms with Crippen LogP contribution in [0.2, 0.25) is 0 Å². The van der Waals surface area contributed by atoms with Gasteiger partial charge in [0.15, 0.2) is 0 Å². The zero-order chi connectivity index (χ0) is 18.9. The molecule has 7 nitrogen and oxygen atoms in total. The maximum atomic E-state index is 12.0. The lowest BCUT2D eigenvalue weighted by Gasteiger charge is -2.12. The molecule has 136 valence electrons. The molecule has 0 spiro atoms. The van der Waals surface area contributed by atoms with Gasteiger partial charge >= 0.3 is 0 Å². The molecular weight excluding hydrogens is 332 g/mol. The molecule has 3 N–H and O–H groups in total. The Morgan fingerprint density at radius 1 is 0.923 bits per heavy atom. The molecule has 26 heavy (non-hydrogen) atoms. The van der Waals surface area contributed by atoms with Crippen molar-refractivity contribution in [2.75, 3.05) is 18.4 Å². The van der Waals surface area contributed by atoms with E-state index < -0.39 is 0 Å². The fraction of sp³-hybridized carbons (Fsp3) is 0.263. The third-order valence-corrected chi connectivity index (χ3v) is 3.77. The zero-order valence-electron chi connectivity index (χ0n) is 14.8. The minimum Gasteiger partial charge on any atom is -0.352 e. The summed E-state index contributed by atoms with van der Waals surface area (Å²) in [7, 11) is 0. The van der Waals surface area contributed by atoms with E-state index in [0.717, 1.165) is 16.8 Å². The molecule has 0 radical (unpaired) electrons. The zero-order valence-corrected chi connectivity index (χ0v) is 14.8. The molecular formula is C19H22N4O3. The molecule has 2 aromatic rings. The average Bonchev–Trinajstić information content (AvgIpc) is 2.64. The summed E-state index contributed by atoms with van der Waals surface area (Å²) in [5, 5.41) is 7.99. The van der Waals surface area contributed by atoms with Gasteiger partial charge in [-0.25, -0.2) is 0 Å². The van der Waals surface area contributed by atoms with Crippen molar-refractivity contribution in [3.8, 4) is 0 Å². The number of aromatic nitrogens is 1. The van der Waals surface area contributed by atoms with Crippen molar-refractivity contribution in [1.82, 2.24) is 15.6 Å². The van der Waals surface area contributed by atoms with Crippen molar-refractivity contribution in [2.45, 2.75) is 20.3 Å². The summed E-state index contributed by atoms with van der Waals surface area (Å²) in [6, 6.07) is 8.92. The fourth-order valence-corrected chi connectivity index (χ4v) is 2.36. The molecule has 1 aromatic heterocycles. The second kappa shape index (κ2) is 9.31. The van der Waals surface area contributed by atoms with Gasteiger partial charge in [0.05, 0.1) is 6.54 Å². The largest absolute Gasteiger partial charge is 0.352 e. The predicted molar refractivity (Wildman–Crippen MR) is 98.7 cm³/mol. The third kappa shape index (κ3) is 5.70. The highest BCUT2D eigenvalue weighted by Crippen LogP contribution is 2.18. The number of aryl methyl sites for hydroxylation is 2. The molecule has 0 aliphatic carbocycles. The number of hydrogen-bond donors (Lipinski definition) is 3. The van der Waals surface area contributed by atoms with Gasteiger partial charge in [-0.2, -0.15) is 0 Å². The van der Waals surface area contributed by atoms with Gasteiger partial charge in [-0.3, -0.25) is 19.4 Å². The van der Waals surface area contributed by atoms with E-state index in [1.165, 1.54) is 12.4 Å². The fourth-order valence-electron chi connectivity index (χ4n) is 2.36. The number of hydrogen-bond acceptors (Lipinski definition) is 4. The highest BCUT2D eigenvalue weighted by atomic mass is 16.2. The van der Waals surface area contributed by atoms with Gasteiger partial charge in [0.2, 0.25) is 11.8 Å². The second-order valence-corrected chi connectivity index (χ2v) is 5.83. The van der Waals surface area contributed by atoms with Gasteiger partial charge in [0, 0.05) is 36.6 Å². The smallest absolute Gasteiger partial charge is 0.251 e. The highest BCUT2D eigenvalue weighted by molar-refractivity contribution is 5.96. The van der Waals surface area contributed by atoms with Gasteiger partial charge in [0.1, 0.15) is 0 Å². The van der Waals surface area contributed by atoms with Crippen LogP contribution in [0.15, 0.2) is 42.7 Å². The van der Waals surface area contributed by atoms with E-state index >= 15 is 0 Å². The number of pyridine rings is 1. The van der Waals surface area contributed by atoms with E-state index in [-0.39, 0.29) is 37.2 Å². The number of benzene rings is 1. The quantitative estimate of drug-likeness (QED) is 0.703. The van der Waals surface area contributed by atoms with Crippen LogP contribution in [0.1, 0.15) is 27.9 Å². The van der Waals surface area contributed by atoms with Crippen molar-refractivity contribution in [1.29, 1.82) is 0 Å². The van der Waals surface area contributed by atoms with Crippen molar-refractivity contribution >= 4 is 23.4 Å². The normalized spacial score (nSPS) is 10.1. The summed E-state index contributed by atoms with van der Waals surface area (Å²) in [5.74, 6) is -0.874. The first-order valence-electron chi connectivity index (χ1n) is 8.28. The van der Waals surface area contributed by atoms with Crippen molar-refractivity contribution in [2.24, 2.45) is 0 Å². The molecule has 7 heteroatoms. The number of carbonyl (C=O) groups is 3. The van der Waals surface area contributed by atoms with Gasteiger partial charge in [-0.05, 0) is 37.1 Å². The van der Waals surface area contributed by atoms with Gasteiger partial charge in [-0.1, -0.05) is 18.2 Å². The third-order valence-electron chi connectivity index (χ3n) is 3.77. The number of nitrogens with zero attached hydrogens (tertiary/aromatic N) is 1. The Morgan fingerprint density at radius 3 is 2.23 bits per heavy atom. The van der Waals surface area contributed by atoms with Crippen LogP contribution in [0.5, 0.6) is 0 Å². The Morgan fingerprint density at radius 2 is 1.58 bits per heavy atom. The lowest BCUT2D eigenvalue weighted by molar-refractivity contribution is -0.124. The lowest BCUT2D eigenvalue weighted by atomic mass is 10.1. The van der Waals surface area contributed by atoms with Crippen LogP contribution in [0.4, 0.5) is 5.69 Å². The first-order valence-corrected chi connectivity index (χ1v) is 8.28. The van der Waals surface area contributed by atoms with Crippen LogP contribution in [0.25, 0.3) is 0 Å². The standard InChI is InChI=1S/C19H22N4O3/c1-13-4-3-5-14(2)18(13)23-17(25)12-22-16(24)8-11-21-19(26)15-6-9-20-10-7-15/h3-7,9-10H,8,11-12H2,1-2H3,(H,21,26)(H,22,24)(H,23,25). The Kier molecular flexibility index (Phi) is 6.84. The molecule has 0 unspecified atom stereocenters. The number of carbonyl (C=O) groups excluding carboxylic acids is 3. The van der Waals surface area contributed by atoms with Crippen molar-refractivity contribution in [3.63, 3.8) is 0 Å². The lowest BCUT2D eigenvalue weighted by Crippen LogP contribution is -2.35. The van der Waals surface area contributed by atoms with E-state index in [0.29, 0.717) is 5.56 Å². The van der Waals surface area contributed by atoms with Crippen LogP contribution in [0, 0.1) is 13.8 Å². The molecule has 1 heterocycles. The Balaban J connectivity index is 1.70. The topological polar surface area (TPSA) is 100 Å². The molecule has 0 bridgehead atoms. The summed E-state index contributed by atoms with van der Waals surface area (Å²) in [6.07, 6.45) is 3.14. The van der Waals surface area contributed by atoms with Gasteiger partial charge in [-0.15, -0.1) is 0 Å². The molecule has 0 aliphatic rings. The number of nitrogens with one attached hydrogen (secondary N) is 3. The summed E-state index contributed by atoms with van der Waals surface area (Å²) >= 11 is 0. The van der Waals surface area contributed by atoms with Crippen LogP contribution < -0.4 is 16.0 Å². The molecule has 1 aromatic carbocycles. The summed E-state index contributed by atoms with van der Waals surface area (Å²) in [4.78, 5) is 39.4. The maximum Gasteiger partial charge on any atom is 0.251 e. The summed E-state index contributed by atoms with van der Waals surface area (Å²) in [5.41, 5.74) is 3.16. The van der Waals surface area contributed by atoms with E-state index in [2.05, 4.69) is 20.9 Å². The Hall–Kier alpha value is -3.22. The van der Waals surface area contributed by atoms with Crippen LogP contribution in [-0.4, -0.2) is 35.8 Å². The number of para-hydroxylation sites is 1. The first-order chi connectivity index (χ1) is 12.5. The Labute approximate surface area is 152 Å². The van der Waals surface area contributed by atoms with E-state index in [1.54, 1.807) is 12.1 Å². The monoisotopic (exact) mass is 354 g/mol. The summed E-state index contributed by atoms with van der Waals surface area (Å²) < 4.78 is 0. The second-order valence-electron chi connectivity index (χ2n) is 5.83. The van der Waals surface area contributed by atoms with Crippen LogP contribution in [0.3, 0.4) is 0 Å². The average molecular weight is 354 g/mol. The van der Waals surface area contributed by atoms with Gasteiger partial charge in [0.25, 0.3) is 5.91 Å². The highest BCUT2D eigenvalue weighted by Gasteiger charge is 2.10. The molecule has 0 atom stereocenters. The molecule has 0 saturated carbocycles. The van der Waals surface area contributed by atoms with E-state index in [1.807, 2.05) is 32.0 Å². The molecule has 0 aliphatic heterocycles. The van der Waals surface area contributed by atoms with Crippen molar-refractivity contribution < 1.29 is 14.4 Å². The van der Waals surface area contributed by atoms with Gasteiger partial charge < -0.3 is 16.0 Å². The van der Waals surface area contributed by atoms with E-state index in [4.69, 9.17) is 0 Å². The molecule has 3 amide bonds. The maximum absolute atomic E-state index is 12.0. The van der Waals surface area contributed by atoms with Crippen LogP contribution >= 0.6 is 0 Å². The minimum absolute atomic E-state index is 0.0908. The van der Waals surface area contributed by atoms with Crippen LogP contribution in [-0.2, 0) is 9.59 Å². The molecule has 0 saturated heterocycles. The number of amides is 3. The number of rotatable bonds is 7. The van der Waals surface area contributed by atoms with Crippen molar-refractivity contribution in [3.05, 3.63) is 59.4 Å². The molecule has 0 fully saturated rings. The van der Waals surface area contributed by atoms with E-state index in [9.17, 15) is 14.4 Å². The predicted octanol–water partition coefficient (Wildman–Crippen LogP) is 1.57. The minimum atomic E-state index is -0.309. The number of anilines is 1. The molecule has 2 rings (SSSR count). The SMILES string of the molecule is Cc1cccc(C)c1NC(=O)CNC(=O)CCNC(=O)c1ccncc1. The Bertz CT molecular complexity index is 770. The summed E-state index contributed by atoms with van der Waals surface area (Å²) in [6.45, 7) is 3.88. The first kappa shape index (κ1) is 19.1.